The minimum absolute atomic E-state index is 0.198. The average molecular weight is 384 g/mol. The van der Waals surface area contributed by atoms with Crippen molar-refractivity contribution in [3.05, 3.63) is 35.9 Å². The monoisotopic (exact) mass is 383 g/mol. The number of nitrogens with zero attached hydrogens (tertiary/aromatic N) is 1. The molecule has 0 aromatic heterocycles. The van der Waals surface area contributed by atoms with E-state index in [1.54, 1.807) is 7.11 Å². The summed E-state index contributed by atoms with van der Waals surface area (Å²) in [4.78, 5) is 26.1. The third kappa shape index (κ3) is 4.78. The Morgan fingerprint density at radius 1 is 1.43 bits per heavy atom. The van der Waals surface area contributed by atoms with E-state index in [0.29, 0.717) is 19.4 Å². The van der Waals surface area contributed by atoms with Gasteiger partial charge in [-0.05, 0) is 24.8 Å². The van der Waals surface area contributed by atoms with E-state index in [4.69, 9.17) is 9.47 Å². The quantitative estimate of drug-likeness (QED) is 0.647. The van der Waals surface area contributed by atoms with E-state index in [2.05, 4.69) is 15.9 Å². The molecule has 0 bridgehead atoms. The second kappa shape index (κ2) is 9.03. The Bertz CT molecular complexity index is 523. The fraction of sp³-hybridized carbons (Fsp3) is 0.529. The van der Waals surface area contributed by atoms with Crippen LogP contribution in [0.25, 0.3) is 0 Å². The zero-order valence-corrected chi connectivity index (χ0v) is 14.8. The fourth-order valence-corrected chi connectivity index (χ4v) is 3.09. The molecule has 23 heavy (non-hydrogen) atoms. The van der Waals surface area contributed by atoms with Crippen LogP contribution in [0, 0.1) is 5.92 Å². The number of halogens is 1. The summed E-state index contributed by atoms with van der Waals surface area (Å²) in [5.74, 6) is -0.516. The molecule has 5 nitrogen and oxygen atoms in total. The Balaban J connectivity index is 2.09. The number of methoxy groups -OCH3 is 1. The first kappa shape index (κ1) is 17.9. The summed E-state index contributed by atoms with van der Waals surface area (Å²) in [5, 5.41) is 0.818. The SMILES string of the molecule is COC[C@@H](CCCBr)C(=O)N1C(=O)OC[C@@H]1Cc1ccccc1. The zero-order chi connectivity index (χ0) is 16.7. The molecule has 2 amide bonds. The van der Waals surface area contributed by atoms with E-state index in [9.17, 15) is 9.59 Å². The van der Waals surface area contributed by atoms with Gasteiger partial charge in [0.15, 0.2) is 0 Å². The van der Waals surface area contributed by atoms with Crippen LogP contribution in [0.5, 0.6) is 0 Å². The maximum absolute atomic E-state index is 12.8. The standard InChI is InChI=1S/C17H22BrNO4/c1-22-11-14(8-5-9-18)16(20)19-15(12-23-17(19)21)10-13-6-3-2-4-7-13/h2-4,6-7,14-15H,5,8-12H2,1H3/t14-,15+/m1/s1. The van der Waals surface area contributed by atoms with E-state index in [1.165, 1.54) is 4.90 Å². The van der Waals surface area contributed by atoms with Crippen molar-refractivity contribution >= 4 is 27.9 Å². The molecule has 0 N–H and O–H groups in total. The highest BCUT2D eigenvalue weighted by molar-refractivity contribution is 9.09. The third-order valence-corrected chi connectivity index (χ3v) is 4.48. The molecule has 0 radical (unpaired) electrons. The van der Waals surface area contributed by atoms with Crippen LogP contribution in [0.2, 0.25) is 0 Å². The van der Waals surface area contributed by atoms with Gasteiger partial charge in [-0.3, -0.25) is 4.79 Å². The number of imide groups is 1. The number of hydrogen-bond donors (Lipinski definition) is 0. The molecule has 1 fully saturated rings. The molecular weight excluding hydrogens is 362 g/mol. The van der Waals surface area contributed by atoms with Crippen molar-refractivity contribution in [2.75, 3.05) is 25.7 Å². The van der Waals surface area contributed by atoms with Crippen LogP contribution < -0.4 is 0 Å². The van der Waals surface area contributed by atoms with Gasteiger partial charge in [0.2, 0.25) is 5.91 Å². The molecule has 0 aliphatic carbocycles. The lowest BCUT2D eigenvalue weighted by Crippen LogP contribution is -2.44. The van der Waals surface area contributed by atoms with E-state index >= 15 is 0 Å². The number of ether oxygens (including phenoxy) is 2. The molecule has 0 saturated carbocycles. The normalized spacial score (nSPS) is 18.8. The van der Waals surface area contributed by atoms with Crippen LogP contribution in [0.3, 0.4) is 0 Å². The number of carbonyl (C=O) groups is 2. The van der Waals surface area contributed by atoms with Crippen molar-refractivity contribution < 1.29 is 19.1 Å². The van der Waals surface area contributed by atoms with Gasteiger partial charge in [-0.25, -0.2) is 9.69 Å². The van der Waals surface area contributed by atoms with Crippen molar-refractivity contribution in [3.63, 3.8) is 0 Å². The first-order valence-corrected chi connectivity index (χ1v) is 8.88. The number of benzene rings is 1. The molecule has 1 saturated heterocycles. The van der Waals surface area contributed by atoms with Gasteiger partial charge in [0.25, 0.3) is 0 Å². The minimum atomic E-state index is -0.545. The van der Waals surface area contributed by atoms with E-state index in [0.717, 1.165) is 17.3 Å². The van der Waals surface area contributed by atoms with Gasteiger partial charge in [0.05, 0.1) is 18.6 Å². The minimum Gasteiger partial charge on any atom is -0.447 e. The van der Waals surface area contributed by atoms with Gasteiger partial charge >= 0.3 is 6.09 Å². The summed E-state index contributed by atoms with van der Waals surface area (Å²) < 4.78 is 10.3. The number of cyclic esters (lactones) is 1. The summed E-state index contributed by atoms with van der Waals surface area (Å²) >= 11 is 3.37. The lowest BCUT2D eigenvalue weighted by Gasteiger charge is -2.24. The molecule has 0 unspecified atom stereocenters. The molecule has 2 rings (SSSR count). The van der Waals surface area contributed by atoms with Gasteiger partial charge in [-0.15, -0.1) is 0 Å². The van der Waals surface area contributed by atoms with Crippen LogP contribution in [-0.4, -0.2) is 48.6 Å². The van der Waals surface area contributed by atoms with Gasteiger partial charge in [0, 0.05) is 12.4 Å². The molecule has 1 aromatic rings. The highest BCUT2D eigenvalue weighted by Gasteiger charge is 2.40. The Labute approximate surface area is 145 Å². The topological polar surface area (TPSA) is 55.8 Å². The predicted molar refractivity (Wildman–Crippen MR) is 90.5 cm³/mol. The average Bonchev–Trinajstić information content (AvgIpc) is 2.92. The van der Waals surface area contributed by atoms with Gasteiger partial charge in [0.1, 0.15) is 6.61 Å². The summed E-state index contributed by atoms with van der Waals surface area (Å²) in [5.41, 5.74) is 1.08. The van der Waals surface area contributed by atoms with Crippen molar-refractivity contribution in [2.24, 2.45) is 5.92 Å². The molecule has 6 heteroatoms. The van der Waals surface area contributed by atoms with Crippen LogP contribution in [-0.2, 0) is 20.7 Å². The van der Waals surface area contributed by atoms with Crippen LogP contribution in [0.4, 0.5) is 4.79 Å². The first-order chi connectivity index (χ1) is 11.2. The largest absolute Gasteiger partial charge is 0.447 e. The van der Waals surface area contributed by atoms with E-state index < -0.39 is 6.09 Å². The van der Waals surface area contributed by atoms with Gasteiger partial charge in [-0.1, -0.05) is 46.3 Å². The molecular formula is C17H22BrNO4. The molecule has 126 valence electrons. The number of hydrogen-bond acceptors (Lipinski definition) is 4. The maximum atomic E-state index is 12.8. The summed E-state index contributed by atoms with van der Waals surface area (Å²) in [6.07, 6.45) is 1.60. The lowest BCUT2D eigenvalue weighted by molar-refractivity contribution is -0.135. The summed E-state index contributed by atoms with van der Waals surface area (Å²) in [6, 6.07) is 9.57. The van der Waals surface area contributed by atoms with Crippen LogP contribution >= 0.6 is 15.9 Å². The number of amides is 2. The highest BCUT2D eigenvalue weighted by Crippen LogP contribution is 2.22. The molecule has 1 aliphatic heterocycles. The second-order valence-corrected chi connectivity index (χ2v) is 6.41. The zero-order valence-electron chi connectivity index (χ0n) is 13.2. The second-order valence-electron chi connectivity index (χ2n) is 5.61. The molecule has 0 spiro atoms. The fourth-order valence-electron chi connectivity index (χ4n) is 2.77. The molecule has 2 atom stereocenters. The van der Waals surface area contributed by atoms with Crippen LogP contribution in [0.1, 0.15) is 18.4 Å². The smallest absolute Gasteiger partial charge is 0.416 e. The molecule has 1 heterocycles. The highest BCUT2D eigenvalue weighted by atomic mass is 79.9. The van der Waals surface area contributed by atoms with Crippen molar-refractivity contribution in [3.8, 4) is 0 Å². The lowest BCUT2D eigenvalue weighted by atomic mass is 10.0. The summed E-state index contributed by atoms with van der Waals surface area (Å²) in [7, 11) is 1.57. The Morgan fingerprint density at radius 3 is 2.83 bits per heavy atom. The molecule has 1 aromatic carbocycles. The van der Waals surface area contributed by atoms with Crippen molar-refractivity contribution in [1.29, 1.82) is 0 Å². The summed E-state index contributed by atoms with van der Waals surface area (Å²) in [6.45, 7) is 0.561. The Kier molecular flexibility index (Phi) is 7.05. The van der Waals surface area contributed by atoms with E-state index in [1.807, 2.05) is 30.3 Å². The van der Waals surface area contributed by atoms with Crippen molar-refractivity contribution in [2.45, 2.75) is 25.3 Å². The number of rotatable bonds is 8. The van der Waals surface area contributed by atoms with E-state index in [-0.39, 0.29) is 24.5 Å². The third-order valence-electron chi connectivity index (χ3n) is 3.92. The van der Waals surface area contributed by atoms with Gasteiger partial charge < -0.3 is 9.47 Å². The number of alkyl halides is 1. The predicted octanol–water partition coefficient (Wildman–Crippen LogP) is 3.01. The van der Waals surface area contributed by atoms with Crippen LogP contribution in [0.15, 0.2) is 30.3 Å². The number of carbonyl (C=O) groups excluding carboxylic acids is 2. The maximum Gasteiger partial charge on any atom is 0.416 e. The Morgan fingerprint density at radius 2 is 2.17 bits per heavy atom. The Hall–Kier alpha value is -1.40. The van der Waals surface area contributed by atoms with Crippen molar-refractivity contribution in [1.82, 2.24) is 4.90 Å². The molecule has 1 aliphatic rings. The first-order valence-electron chi connectivity index (χ1n) is 7.76. The van der Waals surface area contributed by atoms with Gasteiger partial charge in [-0.2, -0.15) is 0 Å².